The molecule has 1 unspecified atom stereocenters. The van der Waals surface area contributed by atoms with Crippen LogP contribution >= 0.6 is 0 Å². The molecule has 27 heavy (non-hydrogen) atoms. The van der Waals surface area contributed by atoms with Crippen molar-refractivity contribution in [1.29, 1.82) is 0 Å². The maximum atomic E-state index is 14.8. The van der Waals surface area contributed by atoms with Crippen LogP contribution in [0.2, 0.25) is 0 Å². The van der Waals surface area contributed by atoms with Crippen LogP contribution in [0.4, 0.5) is 8.78 Å². The minimum atomic E-state index is -1.43. The molecule has 0 saturated heterocycles. The molecule has 0 aliphatic heterocycles. The van der Waals surface area contributed by atoms with Gasteiger partial charge in [0.15, 0.2) is 0 Å². The first-order valence-electron chi connectivity index (χ1n) is 9.52. The summed E-state index contributed by atoms with van der Waals surface area (Å²) in [5, 5.41) is 0. The van der Waals surface area contributed by atoms with Crippen molar-refractivity contribution in [3.05, 3.63) is 107 Å². The zero-order valence-corrected chi connectivity index (χ0v) is 16.0. The molecule has 0 saturated carbocycles. The Hall–Kier alpha value is -2.48. The number of halogens is 2. The number of benzene rings is 2. The highest BCUT2D eigenvalue weighted by atomic mass is 19.1. The van der Waals surface area contributed by atoms with Crippen LogP contribution in [0.25, 0.3) is 0 Å². The molecule has 2 heteroatoms. The van der Waals surface area contributed by atoms with Crippen LogP contribution in [0.5, 0.6) is 0 Å². The average Bonchev–Trinajstić information content (AvgIpc) is 2.72. The van der Waals surface area contributed by atoms with Gasteiger partial charge in [0, 0.05) is 0 Å². The Morgan fingerprint density at radius 3 is 2.22 bits per heavy atom. The number of allylic oxidation sites excluding steroid dienone is 5. The summed E-state index contributed by atoms with van der Waals surface area (Å²) in [5.74, 6) is 0. The topological polar surface area (TPSA) is 0 Å². The second-order valence-corrected chi connectivity index (χ2v) is 6.66. The normalized spacial score (nSPS) is 13.4. The Labute approximate surface area is 161 Å². The van der Waals surface area contributed by atoms with E-state index in [1.807, 2.05) is 30.3 Å². The minimum absolute atomic E-state index is 0.136. The fourth-order valence-corrected chi connectivity index (χ4v) is 2.95. The number of aryl methyl sites for hydroxylation is 2. The summed E-state index contributed by atoms with van der Waals surface area (Å²) in [6.07, 6.45) is 7.34. The molecule has 0 aliphatic rings. The van der Waals surface area contributed by atoms with Gasteiger partial charge >= 0.3 is 0 Å². The van der Waals surface area contributed by atoms with Gasteiger partial charge in [-0.3, -0.25) is 0 Å². The van der Waals surface area contributed by atoms with Gasteiger partial charge in [-0.05, 0) is 47.1 Å². The standard InChI is InChI=1S/C25H28F2/c1-3-8-21-14-16-23(17-15-21)25(27)24(19-26)18-13-20(4-2)11-12-22-9-6-5-7-10-22/h4-7,9-10,13-18,25H,2-3,8,11-12,19H2,1H3/b20-13+,24-18+. The molecule has 0 bridgehead atoms. The predicted octanol–water partition coefficient (Wildman–Crippen LogP) is 7.29. The summed E-state index contributed by atoms with van der Waals surface area (Å²) in [5.41, 5.74) is 4.01. The smallest absolute Gasteiger partial charge is 0.149 e. The van der Waals surface area contributed by atoms with E-state index in [4.69, 9.17) is 0 Å². The van der Waals surface area contributed by atoms with Gasteiger partial charge in [0.25, 0.3) is 0 Å². The zero-order valence-electron chi connectivity index (χ0n) is 16.0. The first-order chi connectivity index (χ1) is 13.2. The molecule has 0 spiro atoms. The Balaban J connectivity index is 2.07. The van der Waals surface area contributed by atoms with Crippen molar-refractivity contribution in [1.82, 2.24) is 0 Å². The van der Waals surface area contributed by atoms with Gasteiger partial charge in [0.1, 0.15) is 12.8 Å². The lowest BCUT2D eigenvalue weighted by Crippen LogP contribution is -1.99. The summed E-state index contributed by atoms with van der Waals surface area (Å²) in [6, 6.07) is 17.5. The van der Waals surface area contributed by atoms with Crippen LogP contribution in [0.15, 0.2) is 90.6 Å². The van der Waals surface area contributed by atoms with Crippen molar-refractivity contribution in [2.45, 2.75) is 38.8 Å². The lowest BCUT2D eigenvalue weighted by atomic mass is 9.99. The maximum Gasteiger partial charge on any atom is 0.149 e. The Morgan fingerprint density at radius 2 is 1.63 bits per heavy atom. The molecule has 0 radical (unpaired) electrons. The minimum Gasteiger partial charge on any atom is -0.246 e. The number of rotatable bonds is 10. The SMILES string of the molecule is C=C/C(=C\C=C(/CF)C(F)c1ccc(CCC)cc1)CCc1ccccc1. The van der Waals surface area contributed by atoms with Crippen LogP contribution in [-0.4, -0.2) is 6.67 Å². The van der Waals surface area contributed by atoms with Crippen LogP contribution < -0.4 is 0 Å². The van der Waals surface area contributed by atoms with Crippen LogP contribution in [0.1, 0.15) is 42.6 Å². The number of hydrogen-bond acceptors (Lipinski definition) is 0. The quantitative estimate of drug-likeness (QED) is 0.387. The fraction of sp³-hybridized carbons (Fsp3) is 0.280. The van der Waals surface area contributed by atoms with E-state index in [2.05, 4.69) is 25.6 Å². The van der Waals surface area contributed by atoms with Gasteiger partial charge in [0.05, 0.1) is 0 Å². The van der Waals surface area contributed by atoms with Gasteiger partial charge in [-0.1, -0.05) is 92.7 Å². The Morgan fingerprint density at radius 1 is 0.963 bits per heavy atom. The number of hydrogen-bond donors (Lipinski definition) is 0. The van der Waals surface area contributed by atoms with Crippen molar-refractivity contribution in [3.63, 3.8) is 0 Å². The largest absolute Gasteiger partial charge is 0.246 e. The molecule has 0 aromatic heterocycles. The van der Waals surface area contributed by atoms with E-state index in [-0.39, 0.29) is 5.57 Å². The van der Waals surface area contributed by atoms with Gasteiger partial charge in [-0.25, -0.2) is 8.78 Å². The third-order valence-electron chi connectivity index (χ3n) is 4.61. The molecule has 2 aromatic rings. The highest BCUT2D eigenvalue weighted by Gasteiger charge is 2.15. The summed E-state index contributed by atoms with van der Waals surface area (Å²) >= 11 is 0. The summed E-state index contributed by atoms with van der Waals surface area (Å²) < 4.78 is 28.2. The first-order valence-corrected chi connectivity index (χ1v) is 9.52. The second-order valence-electron chi connectivity index (χ2n) is 6.66. The molecule has 142 valence electrons. The number of alkyl halides is 2. The van der Waals surface area contributed by atoms with E-state index in [1.54, 1.807) is 30.4 Å². The monoisotopic (exact) mass is 366 g/mol. The van der Waals surface area contributed by atoms with E-state index < -0.39 is 12.8 Å². The predicted molar refractivity (Wildman–Crippen MR) is 111 cm³/mol. The lowest BCUT2D eigenvalue weighted by Gasteiger charge is -2.11. The maximum absolute atomic E-state index is 14.8. The molecule has 0 N–H and O–H groups in total. The van der Waals surface area contributed by atoms with Crippen LogP contribution in [-0.2, 0) is 12.8 Å². The molecule has 1 atom stereocenters. The second kappa shape index (κ2) is 11.3. The van der Waals surface area contributed by atoms with E-state index in [1.165, 1.54) is 11.1 Å². The summed E-state index contributed by atoms with van der Waals surface area (Å²) in [4.78, 5) is 0. The summed E-state index contributed by atoms with van der Waals surface area (Å²) in [6.45, 7) is 5.12. The molecular weight excluding hydrogens is 338 g/mol. The van der Waals surface area contributed by atoms with Gasteiger partial charge in [-0.15, -0.1) is 0 Å². The summed E-state index contributed by atoms with van der Waals surface area (Å²) in [7, 11) is 0. The first kappa shape index (κ1) is 20.8. The van der Waals surface area contributed by atoms with Crippen molar-refractivity contribution in [3.8, 4) is 0 Å². The molecule has 0 amide bonds. The highest BCUT2D eigenvalue weighted by Crippen LogP contribution is 2.27. The van der Waals surface area contributed by atoms with Gasteiger partial charge in [-0.2, -0.15) is 0 Å². The van der Waals surface area contributed by atoms with Gasteiger partial charge in [0.2, 0.25) is 0 Å². The van der Waals surface area contributed by atoms with Gasteiger partial charge < -0.3 is 0 Å². The molecule has 0 aliphatic carbocycles. The van der Waals surface area contributed by atoms with E-state index in [0.29, 0.717) is 5.56 Å². The van der Waals surface area contributed by atoms with E-state index in [0.717, 1.165) is 31.3 Å². The Bertz CT molecular complexity index is 755. The molecule has 0 nitrogen and oxygen atoms in total. The van der Waals surface area contributed by atoms with Crippen LogP contribution in [0, 0.1) is 0 Å². The molecule has 2 rings (SSSR count). The lowest BCUT2D eigenvalue weighted by molar-refractivity contribution is 0.365. The molecular formula is C25H28F2. The van der Waals surface area contributed by atoms with Crippen molar-refractivity contribution >= 4 is 0 Å². The highest BCUT2D eigenvalue weighted by molar-refractivity contribution is 5.33. The molecule has 2 aromatic carbocycles. The molecule has 0 heterocycles. The third-order valence-corrected chi connectivity index (χ3v) is 4.61. The van der Waals surface area contributed by atoms with E-state index >= 15 is 0 Å². The zero-order chi connectivity index (χ0) is 19.5. The fourth-order valence-electron chi connectivity index (χ4n) is 2.95. The Kier molecular flexibility index (Phi) is 8.70. The van der Waals surface area contributed by atoms with Crippen molar-refractivity contribution < 1.29 is 8.78 Å². The molecule has 0 fully saturated rings. The van der Waals surface area contributed by atoms with Crippen LogP contribution in [0.3, 0.4) is 0 Å². The third kappa shape index (κ3) is 6.63. The average molecular weight is 366 g/mol. The van der Waals surface area contributed by atoms with Crippen molar-refractivity contribution in [2.24, 2.45) is 0 Å². The van der Waals surface area contributed by atoms with Crippen molar-refractivity contribution in [2.75, 3.05) is 6.67 Å². The van der Waals surface area contributed by atoms with E-state index in [9.17, 15) is 8.78 Å².